The molecule has 1 amide bonds. The summed E-state index contributed by atoms with van der Waals surface area (Å²) in [6.45, 7) is 0. The lowest BCUT2D eigenvalue weighted by Gasteiger charge is -2.02. The molecule has 0 radical (unpaired) electrons. The van der Waals surface area contributed by atoms with E-state index in [0.29, 0.717) is 10.6 Å². The number of rotatable bonds is 4. The van der Waals surface area contributed by atoms with Crippen molar-refractivity contribution in [2.24, 2.45) is 0 Å². The molecule has 0 spiro atoms. The van der Waals surface area contributed by atoms with Crippen LogP contribution in [0, 0.1) is 0 Å². The number of nitrogens with one attached hydrogen (secondary N) is 1. The molecule has 0 aliphatic rings. The Balaban J connectivity index is 2.07. The summed E-state index contributed by atoms with van der Waals surface area (Å²) in [6, 6.07) is 5.75. The van der Waals surface area contributed by atoms with Gasteiger partial charge in [0.1, 0.15) is 5.00 Å². The minimum absolute atomic E-state index is 0.233. The summed E-state index contributed by atoms with van der Waals surface area (Å²) < 4.78 is 4.62. The van der Waals surface area contributed by atoms with Gasteiger partial charge in [-0.3, -0.25) is 4.79 Å². The van der Waals surface area contributed by atoms with Gasteiger partial charge in [-0.1, -0.05) is 6.07 Å². The van der Waals surface area contributed by atoms with Gasteiger partial charge in [-0.15, -0.1) is 11.3 Å². The van der Waals surface area contributed by atoms with E-state index in [9.17, 15) is 19.8 Å². The highest BCUT2D eigenvalue weighted by molar-refractivity contribution is 7.14. The van der Waals surface area contributed by atoms with E-state index < -0.39 is 11.9 Å². The minimum atomic E-state index is -0.524. The van der Waals surface area contributed by atoms with Crippen LogP contribution >= 0.6 is 11.3 Å². The van der Waals surface area contributed by atoms with Gasteiger partial charge in [-0.05, 0) is 35.2 Å². The van der Waals surface area contributed by atoms with Crippen molar-refractivity contribution in [1.82, 2.24) is 0 Å². The molecule has 0 atom stereocenters. The highest BCUT2D eigenvalue weighted by atomic mass is 32.1. The number of amides is 1. The molecule has 114 valence electrons. The Bertz CT molecular complexity index is 735. The normalized spacial score (nSPS) is 10.6. The molecule has 1 heterocycles. The molecule has 0 unspecified atom stereocenters. The number of thiophene rings is 1. The number of carbonyl (C=O) groups is 2. The van der Waals surface area contributed by atoms with Crippen LogP contribution in [0.3, 0.4) is 0 Å². The van der Waals surface area contributed by atoms with Crippen molar-refractivity contribution < 1.29 is 24.5 Å². The third-order valence-electron chi connectivity index (χ3n) is 2.73. The van der Waals surface area contributed by atoms with Gasteiger partial charge in [-0.2, -0.15) is 0 Å². The van der Waals surface area contributed by atoms with E-state index in [1.165, 1.54) is 42.7 Å². The summed E-state index contributed by atoms with van der Waals surface area (Å²) in [5.41, 5.74) is 0.835. The predicted molar refractivity (Wildman–Crippen MR) is 83.1 cm³/mol. The highest BCUT2D eigenvalue weighted by Crippen LogP contribution is 2.26. The summed E-state index contributed by atoms with van der Waals surface area (Å²) in [5.74, 6) is -1.46. The summed E-state index contributed by atoms with van der Waals surface area (Å²) in [6.07, 6.45) is 2.73. The second-order valence-corrected chi connectivity index (χ2v) is 5.14. The van der Waals surface area contributed by atoms with Crippen LogP contribution in [-0.4, -0.2) is 29.2 Å². The SMILES string of the molecule is COC(=O)c1ccsc1NC(=O)C=Cc1ccc(O)c(O)c1. The zero-order valence-corrected chi connectivity index (χ0v) is 12.4. The van der Waals surface area contributed by atoms with Crippen molar-refractivity contribution in [3.8, 4) is 11.5 Å². The summed E-state index contributed by atoms with van der Waals surface area (Å²) >= 11 is 1.21. The average molecular weight is 319 g/mol. The van der Waals surface area contributed by atoms with Crippen molar-refractivity contribution in [2.45, 2.75) is 0 Å². The molecule has 0 saturated carbocycles. The van der Waals surface area contributed by atoms with Crippen LogP contribution in [0.2, 0.25) is 0 Å². The van der Waals surface area contributed by atoms with Crippen LogP contribution in [0.5, 0.6) is 11.5 Å². The van der Waals surface area contributed by atoms with E-state index in [-0.39, 0.29) is 17.1 Å². The van der Waals surface area contributed by atoms with E-state index in [0.717, 1.165) is 0 Å². The number of aromatic hydroxyl groups is 2. The smallest absolute Gasteiger partial charge is 0.340 e. The maximum Gasteiger partial charge on any atom is 0.340 e. The number of ether oxygens (including phenoxy) is 1. The topological polar surface area (TPSA) is 95.9 Å². The zero-order valence-electron chi connectivity index (χ0n) is 11.6. The molecule has 7 heteroatoms. The van der Waals surface area contributed by atoms with Crippen LogP contribution < -0.4 is 5.32 Å². The standard InChI is InChI=1S/C15H13NO5S/c1-21-15(20)10-6-7-22-14(10)16-13(19)5-3-9-2-4-11(17)12(18)8-9/h2-8,17-18H,1H3,(H,16,19). The molecule has 2 aromatic rings. The van der Waals surface area contributed by atoms with Crippen LogP contribution in [0.25, 0.3) is 6.08 Å². The first-order valence-corrected chi connectivity index (χ1v) is 7.06. The first kappa shape index (κ1) is 15.6. The van der Waals surface area contributed by atoms with Gasteiger partial charge in [-0.25, -0.2) is 4.79 Å². The van der Waals surface area contributed by atoms with E-state index in [1.807, 2.05) is 0 Å². The number of phenols is 2. The number of methoxy groups -OCH3 is 1. The monoisotopic (exact) mass is 319 g/mol. The number of hydrogen-bond acceptors (Lipinski definition) is 6. The van der Waals surface area contributed by atoms with E-state index in [4.69, 9.17) is 0 Å². The van der Waals surface area contributed by atoms with Gasteiger partial charge in [0.2, 0.25) is 5.91 Å². The average Bonchev–Trinajstić information content (AvgIpc) is 2.95. The molecule has 0 bridgehead atoms. The second kappa shape index (κ2) is 6.77. The molecular weight excluding hydrogens is 306 g/mol. The Hall–Kier alpha value is -2.80. The lowest BCUT2D eigenvalue weighted by Crippen LogP contribution is -2.10. The number of carbonyl (C=O) groups excluding carboxylic acids is 2. The van der Waals surface area contributed by atoms with E-state index >= 15 is 0 Å². The van der Waals surface area contributed by atoms with E-state index in [1.54, 1.807) is 17.5 Å². The Labute approximate surface area is 130 Å². The first-order valence-electron chi connectivity index (χ1n) is 6.18. The fourth-order valence-electron chi connectivity index (χ4n) is 1.65. The zero-order chi connectivity index (χ0) is 16.1. The minimum Gasteiger partial charge on any atom is -0.504 e. The number of hydrogen-bond donors (Lipinski definition) is 3. The summed E-state index contributed by atoms with van der Waals surface area (Å²) in [4.78, 5) is 23.3. The second-order valence-electron chi connectivity index (χ2n) is 4.23. The lowest BCUT2D eigenvalue weighted by molar-refractivity contribution is -0.111. The number of anilines is 1. The van der Waals surface area contributed by atoms with Gasteiger partial charge < -0.3 is 20.3 Å². The van der Waals surface area contributed by atoms with Crippen molar-refractivity contribution in [1.29, 1.82) is 0 Å². The Morgan fingerprint density at radius 2 is 2.00 bits per heavy atom. The van der Waals surface area contributed by atoms with Gasteiger partial charge in [0.25, 0.3) is 0 Å². The van der Waals surface area contributed by atoms with E-state index in [2.05, 4.69) is 10.1 Å². The van der Waals surface area contributed by atoms with Crippen molar-refractivity contribution in [3.63, 3.8) is 0 Å². The molecule has 22 heavy (non-hydrogen) atoms. The highest BCUT2D eigenvalue weighted by Gasteiger charge is 2.14. The maximum atomic E-state index is 11.8. The Morgan fingerprint density at radius 3 is 2.68 bits per heavy atom. The van der Waals surface area contributed by atoms with Gasteiger partial charge in [0.05, 0.1) is 12.7 Å². The molecule has 2 rings (SSSR count). The van der Waals surface area contributed by atoms with Crippen molar-refractivity contribution in [2.75, 3.05) is 12.4 Å². The summed E-state index contributed by atoms with van der Waals surface area (Å²) in [5, 5.41) is 23.2. The van der Waals surface area contributed by atoms with Crippen LogP contribution in [0.4, 0.5) is 5.00 Å². The van der Waals surface area contributed by atoms with Gasteiger partial charge in [0, 0.05) is 6.08 Å². The number of phenolic OH excluding ortho intramolecular Hbond substituents is 2. The first-order chi connectivity index (χ1) is 10.5. The summed E-state index contributed by atoms with van der Waals surface area (Å²) in [7, 11) is 1.27. The number of esters is 1. The molecule has 0 aliphatic carbocycles. The quantitative estimate of drug-likeness (QED) is 0.457. The Kier molecular flexibility index (Phi) is 4.80. The predicted octanol–water partition coefficient (Wildman–Crippen LogP) is 2.60. The maximum absolute atomic E-state index is 11.8. The lowest BCUT2D eigenvalue weighted by atomic mass is 10.2. The molecule has 1 aromatic heterocycles. The molecule has 6 nitrogen and oxygen atoms in total. The third kappa shape index (κ3) is 3.64. The third-order valence-corrected chi connectivity index (χ3v) is 3.56. The Morgan fingerprint density at radius 1 is 1.23 bits per heavy atom. The van der Waals surface area contributed by atoms with Crippen LogP contribution in [0.1, 0.15) is 15.9 Å². The van der Waals surface area contributed by atoms with Crippen molar-refractivity contribution in [3.05, 3.63) is 46.8 Å². The van der Waals surface area contributed by atoms with Crippen LogP contribution in [0.15, 0.2) is 35.7 Å². The molecule has 0 saturated heterocycles. The fraction of sp³-hybridized carbons (Fsp3) is 0.0667. The molecule has 1 aromatic carbocycles. The van der Waals surface area contributed by atoms with Crippen molar-refractivity contribution >= 4 is 34.3 Å². The molecule has 0 fully saturated rings. The van der Waals surface area contributed by atoms with Crippen LogP contribution in [-0.2, 0) is 9.53 Å². The molecular formula is C15H13NO5S. The largest absolute Gasteiger partial charge is 0.504 e. The van der Waals surface area contributed by atoms with Gasteiger partial charge >= 0.3 is 5.97 Å². The number of benzene rings is 1. The fourth-order valence-corrected chi connectivity index (χ4v) is 2.42. The van der Waals surface area contributed by atoms with Gasteiger partial charge in [0.15, 0.2) is 11.5 Å². The molecule has 0 aliphatic heterocycles. The molecule has 3 N–H and O–H groups in total.